The second kappa shape index (κ2) is 6.64. The highest BCUT2D eigenvalue weighted by Gasteiger charge is 2.45. The molecule has 0 unspecified atom stereocenters. The lowest BCUT2D eigenvalue weighted by Crippen LogP contribution is -2.35. The molecule has 1 N–H and O–H groups in total. The Morgan fingerprint density at radius 3 is 2.67 bits per heavy atom. The smallest absolute Gasteiger partial charge is 0.240 e. The van der Waals surface area contributed by atoms with Crippen LogP contribution in [-0.4, -0.2) is 41.6 Å². The Morgan fingerprint density at radius 2 is 1.96 bits per heavy atom. The first-order chi connectivity index (χ1) is 11.8. The summed E-state index contributed by atoms with van der Waals surface area (Å²) >= 11 is 0. The highest BCUT2D eigenvalue weighted by Crippen LogP contribution is 2.40. The van der Waals surface area contributed by atoms with Gasteiger partial charge in [-0.3, -0.25) is 0 Å². The molecule has 130 valence electrons. The van der Waals surface area contributed by atoms with Crippen LogP contribution in [0.4, 0.5) is 0 Å². The van der Waals surface area contributed by atoms with Gasteiger partial charge in [-0.15, -0.1) is 0 Å². The van der Waals surface area contributed by atoms with Crippen LogP contribution in [0.25, 0.3) is 0 Å². The maximum absolute atomic E-state index is 5.69. The molecule has 2 fully saturated rings. The van der Waals surface area contributed by atoms with Crippen molar-refractivity contribution >= 4 is 0 Å². The van der Waals surface area contributed by atoms with Gasteiger partial charge >= 0.3 is 0 Å². The molecule has 0 saturated carbocycles. The first kappa shape index (κ1) is 15.8. The molecule has 0 bridgehead atoms. The molecule has 0 aromatic carbocycles. The van der Waals surface area contributed by atoms with E-state index in [4.69, 9.17) is 18.8 Å². The van der Waals surface area contributed by atoms with Gasteiger partial charge in [0.1, 0.15) is 5.41 Å². The lowest BCUT2D eigenvalue weighted by molar-refractivity contribution is 0.0425. The van der Waals surface area contributed by atoms with Crippen molar-refractivity contribution in [1.82, 2.24) is 20.6 Å². The van der Waals surface area contributed by atoms with Gasteiger partial charge < -0.3 is 19.1 Å². The monoisotopic (exact) mass is 332 g/mol. The number of ether oxygens (including phenoxy) is 1. The summed E-state index contributed by atoms with van der Waals surface area (Å²) in [4.78, 5) is 4.74. The van der Waals surface area contributed by atoms with Crippen LogP contribution in [0.15, 0.2) is 15.1 Å². The molecule has 2 aromatic heterocycles. The number of nitrogens with zero attached hydrogens (tertiary/aromatic N) is 3. The number of piperidine rings is 1. The summed E-state index contributed by atoms with van der Waals surface area (Å²) in [5, 5.41) is 11.7. The van der Waals surface area contributed by atoms with E-state index in [1.165, 1.54) is 12.8 Å². The van der Waals surface area contributed by atoms with E-state index in [0.717, 1.165) is 49.6 Å². The molecular weight excluding hydrogens is 308 g/mol. The van der Waals surface area contributed by atoms with Crippen LogP contribution >= 0.6 is 0 Å². The zero-order valence-corrected chi connectivity index (χ0v) is 14.1. The van der Waals surface area contributed by atoms with Crippen molar-refractivity contribution in [1.29, 1.82) is 0 Å². The number of nitrogens with one attached hydrogen (secondary N) is 1. The van der Waals surface area contributed by atoms with E-state index in [0.29, 0.717) is 25.0 Å². The van der Waals surface area contributed by atoms with Crippen LogP contribution in [0.1, 0.15) is 48.9 Å². The van der Waals surface area contributed by atoms with Gasteiger partial charge in [0, 0.05) is 25.7 Å². The minimum atomic E-state index is -0.404. The first-order valence-electron chi connectivity index (χ1n) is 8.82. The van der Waals surface area contributed by atoms with Crippen LogP contribution < -0.4 is 5.32 Å². The molecule has 7 heteroatoms. The molecular formula is C17H24N4O3. The quantitative estimate of drug-likeness (QED) is 0.916. The Balaban J connectivity index is 1.59. The molecule has 0 amide bonds. The lowest BCUT2D eigenvalue weighted by Gasteiger charge is -2.31. The van der Waals surface area contributed by atoms with Crippen molar-refractivity contribution in [3.63, 3.8) is 0 Å². The van der Waals surface area contributed by atoms with Gasteiger partial charge in [-0.05, 0) is 51.6 Å². The van der Waals surface area contributed by atoms with Gasteiger partial charge in [0.15, 0.2) is 11.6 Å². The molecule has 0 atom stereocenters. The van der Waals surface area contributed by atoms with Crippen molar-refractivity contribution in [2.24, 2.45) is 5.92 Å². The summed E-state index contributed by atoms with van der Waals surface area (Å²) < 4.78 is 16.8. The fourth-order valence-corrected chi connectivity index (χ4v) is 3.75. The minimum absolute atomic E-state index is 0.404. The molecule has 2 saturated heterocycles. The van der Waals surface area contributed by atoms with E-state index >= 15 is 0 Å². The van der Waals surface area contributed by atoms with Crippen molar-refractivity contribution < 1.29 is 13.8 Å². The fraction of sp³-hybridized carbons (Fsp3) is 0.706. The van der Waals surface area contributed by atoms with Crippen LogP contribution in [0, 0.1) is 12.8 Å². The van der Waals surface area contributed by atoms with Crippen LogP contribution in [0.2, 0.25) is 0 Å². The molecule has 7 nitrogen and oxygen atoms in total. The molecule has 2 aromatic rings. The Labute approximate surface area is 141 Å². The number of hydrogen-bond donors (Lipinski definition) is 1. The highest BCUT2D eigenvalue weighted by molar-refractivity contribution is 5.25. The second-order valence-corrected chi connectivity index (χ2v) is 6.94. The standard InChI is InChI=1S/C17H24N4O3/c1-12-10-14(23-20-12)17(4-8-22-9-5-17)16-19-15(21-24-16)11-13-2-6-18-7-3-13/h10,13,18H,2-9,11H2,1H3. The maximum atomic E-state index is 5.69. The third-order valence-corrected chi connectivity index (χ3v) is 5.25. The van der Waals surface area contributed by atoms with Gasteiger partial charge in [-0.1, -0.05) is 10.3 Å². The molecule has 0 aliphatic carbocycles. The molecule has 0 radical (unpaired) electrons. The fourth-order valence-electron chi connectivity index (χ4n) is 3.75. The van der Waals surface area contributed by atoms with Crippen molar-refractivity contribution in [2.75, 3.05) is 26.3 Å². The summed E-state index contributed by atoms with van der Waals surface area (Å²) in [6, 6.07) is 1.97. The number of aromatic nitrogens is 3. The van der Waals surface area contributed by atoms with E-state index < -0.39 is 5.41 Å². The van der Waals surface area contributed by atoms with Crippen molar-refractivity contribution in [3.05, 3.63) is 29.2 Å². The van der Waals surface area contributed by atoms with Gasteiger partial charge in [0.25, 0.3) is 0 Å². The zero-order chi connectivity index (χ0) is 16.4. The van der Waals surface area contributed by atoms with E-state index in [1.807, 2.05) is 13.0 Å². The zero-order valence-electron chi connectivity index (χ0n) is 14.1. The average Bonchev–Trinajstić information content (AvgIpc) is 3.26. The molecule has 2 aliphatic heterocycles. The molecule has 24 heavy (non-hydrogen) atoms. The summed E-state index contributed by atoms with van der Waals surface area (Å²) in [5.41, 5.74) is 0.462. The summed E-state index contributed by atoms with van der Waals surface area (Å²) in [5.74, 6) is 2.89. The predicted molar refractivity (Wildman–Crippen MR) is 85.7 cm³/mol. The van der Waals surface area contributed by atoms with E-state index in [9.17, 15) is 0 Å². The third-order valence-electron chi connectivity index (χ3n) is 5.25. The molecule has 0 spiro atoms. The first-order valence-corrected chi connectivity index (χ1v) is 8.82. The third kappa shape index (κ3) is 2.98. The topological polar surface area (TPSA) is 86.2 Å². The summed E-state index contributed by atoms with van der Waals surface area (Å²) in [6.45, 7) is 5.40. The predicted octanol–water partition coefficient (Wildman–Crippen LogP) is 2.00. The van der Waals surface area contributed by atoms with E-state index in [1.54, 1.807) is 0 Å². The Morgan fingerprint density at radius 1 is 1.17 bits per heavy atom. The number of rotatable bonds is 4. The van der Waals surface area contributed by atoms with E-state index in [-0.39, 0.29) is 0 Å². The Hall–Kier alpha value is -1.73. The van der Waals surface area contributed by atoms with Gasteiger partial charge in [0.2, 0.25) is 5.89 Å². The van der Waals surface area contributed by atoms with Gasteiger partial charge in [-0.25, -0.2) is 0 Å². The van der Waals surface area contributed by atoms with E-state index in [2.05, 4.69) is 15.6 Å². The van der Waals surface area contributed by atoms with Crippen LogP contribution in [0.5, 0.6) is 0 Å². The number of aryl methyl sites for hydroxylation is 1. The second-order valence-electron chi connectivity index (χ2n) is 6.94. The highest BCUT2D eigenvalue weighted by atomic mass is 16.5. The Bertz CT molecular complexity index is 669. The SMILES string of the molecule is Cc1cc(C2(c3nc(CC4CCNCC4)no3)CCOCC2)on1. The van der Waals surface area contributed by atoms with Gasteiger partial charge in [-0.2, -0.15) is 4.98 Å². The Kier molecular flexibility index (Phi) is 4.37. The summed E-state index contributed by atoms with van der Waals surface area (Å²) in [7, 11) is 0. The largest absolute Gasteiger partial charge is 0.381 e. The molecule has 4 rings (SSSR count). The average molecular weight is 332 g/mol. The summed E-state index contributed by atoms with van der Waals surface area (Å²) in [6.07, 6.45) is 4.77. The molecule has 4 heterocycles. The van der Waals surface area contributed by atoms with Gasteiger partial charge in [0.05, 0.1) is 5.69 Å². The normalized spacial score (nSPS) is 21.9. The van der Waals surface area contributed by atoms with Crippen LogP contribution in [-0.2, 0) is 16.6 Å². The maximum Gasteiger partial charge on any atom is 0.240 e. The minimum Gasteiger partial charge on any atom is -0.381 e. The van der Waals surface area contributed by atoms with Crippen molar-refractivity contribution in [2.45, 2.75) is 44.4 Å². The number of hydrogen-bond acceptors (Lipinski definition) is 7. The van der Waals surface area contributed by atoms with Crippen LogP contribution in [0.3, 0.4) is 0 Å². The molecule has 2 aliphatic rings. The lowest BCUT2D eigenvalue weighted by atomic mass is 9.77. The van der Waals surface area contributed by atoms with Crippen molar-refractivity contribution in [3.8, 4) is 0 Å².